The van der Waals surface area contributed by atoms with E-state index in [1.165, 1.54) is 0 Å². The molecular formula is C13H17ClN2O. The fourth-order valence-corrected chi connectivity index (χ4v) is 2.54. The minimum Gasteiger partial charge on any atom is -0.337 e. The van der Waals surface area contributed by atoms with Gasteiger partial charge in [-0.25, -0.2) is 4.98 Å². The molecule has 0 radical (unpaired) electrons. The van der Waals surface area contributed by atoms with Gasteiger partial charge in [-0.2, -0.15) is 0 Å². The van der Waals surface area contributed by atoms with E-state index in [4.69, 9.17) is 11.6 Å². The van der Waals surface area contributed by atoms with Gasteiger partial charge < -0.3 is 4.90 Å². The smallest absolute Gasteiger partial charge is 0.272 e. The average molecular weight is 253 g/mol. The van der Waals surface area contributed by atoms with Gasteiger partial charge in [0.15, 0.2) is 0 Å². The zero-order valence-electron chi connectivity index (χ0n) is 10.0. The van der Waals surface area contributed by atoms with Crippen molar-refractivity contribution in [3.63, 3.8) is 0 Å². The summed E-state index contributed by atoms with van der Waals surface area (Å²) in [6.07, 6.45) is 2.05. The van der Waals surface area contributed by atoms with Crippen LogP contribution in [-0.2, 0) is 0 Å². The molecule has 2 heterocycles. The molecule has 0 aliphatic carbocycles. The van der Waals surface area contributed by atoms with Crippen LogP contribution in [0.4, 0.5) is 0 Å². The Morgan fingerprint density at radius 1 is 1.59 bits per heavy atom. The van der Waals surface area contributed by atoms with Gasteiger partial charge in [0, 0.05) is 24.7 Å². The molecule has 4 heteroatoms. The monoisotopic (exact) mass is 252 g/mol. The summed E-state index contributed by atoms with van der Waals surface area (Å²) in [6, 6.07) is 5.56. The van der Waals surface area contributed by atoms with Crippen LogP contribution in [0.1, 0.15) is 29.0 Å². The molecule has 0 N–H and O–H groups in total. The van der Waals surface area contributed by atoms with Crippen LogP contribution in [0.15, 0.2) is 18.2 Å². The summed E-state index contributed by atoms with van der Waals surface area (Å²) in [4.78, 5) is 18.3. The topological polar surface area (TPSA) is 33.2 Å². The van der Waals surface area contributed by atoms with E-state index >= 15 is 0 Å². The fraction of sp³-hybridized carbons (Fsp3) is 0.538. The van der Waals surface area contributed by atoms with Gasteiger partial charge in [-0.1, -0.05) is 6.07 Å². The van der Waals surface area contributed by atoms with E-state index in [1.807, 2.05) is 24.0 Å². The summed E-state index contributed by atoms with van der Waals surface area (Å²) in [7, 11) is 0. The van der Waals surface area contributed by atoms with E-state index in [2.05, 4.69) is 4.98 Å². The molecule has 0 saturated carbocycles. The second-order valence-electron chi connectivity index (χ2n) is 4.55. The fourth-order valence-electron chi connectivity index (χ4n) is 2.23. The highest BCUT2D eigenvalue weighted by Gasteiger charge is 2.26. The molecule has 1 aliphatic rings. The third-order valence-corrected chi connectivity index (χ3v) is 3.42. The summed E-state index contributed by atoms with van der Waals surface area (Å²) < 4.78 is 0. The van der Waals surface area contributed by atoms with E-state index in [-0.39, 0.29) is 5.91 Å². The van der Waals surface area contributed by atoms with Gasteiger partial charge in [-0.3, -0.25) is 4.79 Å². The molecule has 1 aromatic heterocycles. The Morgan fingerprint density at radius 3 is 3.12 bits per heavy atom. The van der Waals surface area contributed by atoms with Crippen LogP contribution in [0.25, 0.3) is 0 Å². The lowest BCUT2D eigenvalue weighted by atomic mass is 10.1. The Balaban J connectivity index is 2.02. The largest absolute Gasteiger partial charge is 0.337 e. The molecule has 1 aromatic rings. The Kier molecular flexibility index (Phi) is 4.00. The maximum atomic E-state index is 12.2. The van der Waals surface area contributed by atoms with Gasteiger partial charge in [0.25, 0.3) is 5.91 Å². The molecule has 92 valence electrons. The molecule has 0 spiro atoms. The van der Waals surface area contributed by atoms with Gasteiger partial charge in [-0.15, -0.1) is 11.6 Å². The van der Waals surface area contributed by atoms with Crippen molar-refractivity contribution >= 4 is 17.5 Å². The van der Waals surface area contributed by atoms with Crippen molar-refractivity contribution in [3.05, 3.63) is 29.6 Å². The van der Waals surface area contributed by atoms with Crippen molar-refractivity contribution in [1.29, 1.82) is 0 Å². The molecule has 2 rings (SSSR count). The number of hydrogen-bond acceptors (Lipinski definition) is 2. The van der Waals surface area contributed by atoms with Crippen LogP contribution in [0.2, 0.25) is 0 Å². The molecular weight excluding hydrogens is 236 g/mol. The number of aryl methyl sites for hydroxylation is 1. The second-order valence-corrected chi connectivity index (χ2v) is 4.93. The van der Waals surface area contributed by atoms with E-state index in [1.54, 1.807) is 6.07 Å². The van der Waals surface area contributed by atoms with Crippen LogP contribution in [0.5, 0.6) is 0 Å². The quantitative estimate of drug-likeness (QED) is 0.775. The SMILES string of the molecule is Cc1cccc(C(=O)N2CCC(CCCl)C2)n1. The van der Waals surface area contributed by atoms with Crippen LogP contribution in [0.3, 0.4) is 0 Å². The van der Waals surface area contributed by atoms with Gasteiger partial charge >= 0.3 is 0 Å². The van der Waals surface area contributed by atoms with E-state index in [0.717, 1.165) is 31.6 Å². The molecule has 17 heavy (non-hydrogen) atoms. The molecule has 1 unspecified atom stereocenters. The van der Waals surface area contributed by atoms with Gasteiger partial charge in [0.2, 0.25) is 0 Å². The van der Waals surface area contributed by atoms with E-state index in [0.29, 0.717) is 17.5 Å². The highest BCUT2D eigenvalue weighted by Crippen LogP contribution is 2.21. The Morgan fingerprint density at radius 2 is 2.41 bits per heavy atom. The Bertz CT molecular complexity index is 408. The molecule has 1 atom stereocenters. The highest BCUT2D eigenvalue weighted by atomic mass is 35.5. The number of alkyl halides is 1. The van der Waals surface area contributed by atoms with Crippen molar-refractivity contribution in [2.75, 3.05) is 19.0 Å². The van der Waals surface area contributed by atoms with Crippen LogP contribution >= 0.6 is 11.6 Å². The number of rotatable bonds is 3. The lowest BCUT2D eigenvalue weighted by Gasteiger charge is -2.15. The lowest BCUT2D eigenvalue weighted by Crippen LogP contribution is -2.29. The summed E-state index contributed by atoms with van der Waals surface area (Å²) in [5.74, 6) is 1.28. The highest BCUT2D eigenvalue weighted by molar-refractivity contribution is 6.17. The number of carbonyl (C=O) groups excluding carboxylic acids is 1. The minimum absolute atomic E-state index is 0.0470. The van der Waals surface area contributed by atoms with E-state index in [9.17, 15) is 4.79 Å². The number of amides is 1. The van der Waals surface area contributed by atoms with Crippen molar-refractivity contribution < 1.29 is 4.79 Å². The van der Waals surface area contributed by atoms with Crippen LogP contribution in [0, 0.1) is 12.8 Å². The first-order valence-corrected chi connectivity index (χ1v) is 6.53. The van der Waals surface area contributed by atoms with Crippen LogP contribution in [-0.4, -0.2) is 34.8 Å². The van der Waals surface area contributed by atoms with Crippen molar-refractivity contribution in [1.82, 2.24) is 9.88 Å². The number of nitrogens with zero attached hydrogens (tertiary/aromatic N) is 2. The maximum Gasteiger partial charge on any atom is 0.272 e. The molecule has 0 bridgehead atoms. The number of aromatic nitrogens is 1. The molecule has 1 saturated heterocycles. The first kappa shape index (κ1) is 12.4. The molecule has 1 aliphatic heterocycles. The van der Waals surface area contributed by atoms with Gasteiger partial charge in [-0.05, 0) is 37.8 Å². The lowest BCUT2D eigenvalue weighted by molar-refractivity contribution is 0.0781. The predicted octanol–water partition coefficient (Wildman–Crippen LogP) is 2.48. The zero-order valence-corrected chi connectivity index (χ0v) is 10.8. The number of hydrogen-bond donors (Lipinski definition) is 0. The van der Waals surface area contributed by atoms with Crippen molar-refractivity contribution in [2.45, 2.75) is 19.8 Å². The first-order chi connectivity index (χ1) is 8.20. The molecule has 1 amide bonds. The standard InChI is InChI=1S/C13H17ClN2O/c1-10-3-2-4-12(15-10)13(17)16-8-6-11(9-16)5-7-14/h2-4,11H,5-9H2,1H3. The Hall–Kier alpha value is -1.09. The maximum absolute atomic E-state index is 12.2. The zero-order chi connectivity index (χ0) is 12.3. The first-order valence-electron chi connectivity index (χ1n) is 5.99. The average Bonchev–Trinajstić information content (AvgIpc) is 2.77. The third kappa shape index (κ3) is 2.97. The second kappa shape index (κ2) is 5.50. The predicted molar refractivity (Wildman–Crippen MR) is 68.3 cm³/mol. The van der Waals surface area contributed by atoms with Crippen LogP contribution < -0.4 is 0 Å². The van der Waals surface area contributed by atoms with Gasteiger partial charge in [0.1, 0.15) is 5.69 Å². The summed E-state index contributed by atoms with van der Waals surface area (Å²) in [5, 5.41) is 0. The summed E-state index contributed by atoms with van der Waals surface area (Å²) in [6.45, 7) is 3.55. The molecule has 0 aromatic carbocycles. The van der Waals surface area contributed by atoms with Crippen molar-refractivity contribution in [3.8, 4) is 0 Å². The number of carbonyl (C=O) groups is 1. The minimum atomic E-state index is 0.0470. The van der Waals surface area contributed by atoms with Crippen molar-refractivity contribution in [2.24, 2.45) is 5.92 Å². The van der Waals surface area contributed by atoms with Gasteiger partial charge in [0.05, 0.1) is 0 Å². The van der Waals surface area contributed by atoms with E-state index < -0.39 is 0 Å². The summed E-state index contributed by atoms with van der Waals surface area (Å²) in [5.41, 5.74) is 1.43. The number of halogens is 1. The normalized spacial score (nSPS) is 19.6. The Labute approximate surface area is 107 Å². The number of pyridine rings is 1. The molecule has 1 fully saturated rings. The molecule has 3 nitrogen and oxygen atoms in total. The summed E-state index contributed by atoms with van der Waals surface area (Å²) >= 11 is 5.73. The number of likely N-dealkylation sites (tertiary alicyclic amines) is 1. The third-order valence-electron chi connectivity index (χ3n) is 3.20.